The standard InChI is InChI=1S/C15H17F3N2O4/c16-15(17,18)14(24)5-7-20(8-6-14)13(23)19-9-10-1-3-11(4-2-10)12(21)22/h1-4,24H,5-9H2,(H,19,23)(H,21,22). The van der Waals surface area contributed by atoms with Crippen LogP contribution in [0.25, 0.3) is 0 Å². The molecule has 2 rings (SSSR count). The number of benzene rings is 1. The number of aliphatic hydroxyl groups is 1. The van der Waals surface area contributed by atoms with Gasteiger partial charge >= 0.3 is 18.2 Å². The summed E-state index contributed by atoms with van der Waals surface area (Å²) in [5.41, 5.74) is -1.96. The molecule has 1 aliphatic rings. The molecule has 0 spiro atoms. The highest BCUT2D eigenvalue weighted by molar-refractivity contribution is 5.87. The van der Waals surface area contributed by atoms with Gasteiger partial charge in [-0.05, 0) is 17.7 Å². The van der Waals surface area contributed by atoms with Gasteiger partial charge < -0.3 is 20.4 Å². The Kier molecular flexibility index (Phi) is 5.02. The summed E-state index contributed by atoms with van der Waals surface area (Å²) in [4.78, 5) is 23.9. The third kappa shape index (κ3) is 3.97. The Morgan fingerprint density at radius 3 is 2.17 bits per heavy atom. The van der Waals surface area contributed by atoms with Gasteiger partial charge in [0, 0.05) is 32.5 Å². The number of piperidine rings is 1. The average molecular weight is 346 g/mol. The molecule has 3 N–H and O–H groups in total. The highest BCUT2D eigenvalue weighted by atomic mass is 19.4. The van der Waals surface area contributed by atoms with Crippen LogP contribution in [0.1, 0.15) is 28.8 Å². The molecule has 9 heteroatoms. The number of alkyl halides is 3. The summed E-state index contributed by atoms with van der Waals surface area (Å²) in [7, 11) is 0. The molecule has 0 saturated carbocycles. The maximum absolute atomic E-state index is 12.7. The summed E-state index contributed by atoms with van der Waals surface area (Å²) in [6.07, 6.45) is -5.82. The predicted molar refractivity (Wildman–Crippen MR) is 77.4 cm³/mol. The van der Waals surface area contributed by atoms with Gasteiger partial charge in [0.1, 0.15) is 0 Å². The van der Waals surface area contributed by atoms with E-state index in [-0.39, 0.29) is 25.2 Å². The zero-order valence-electron chi connectivity index (χ0n) is 12.6. The van der Waals surface area contributed by atoms with Gasteiger partial charge in [0.15, 0.2) is 5.60 Å². The first-order valence-corrected chi connectivity index (χ1v) is 7.26. The summed E-state index contributed by atoms with van der Waals surface area (Å²) < 4.78 is 38.1. The Balaban J connectivity index is 1.85. The number of carbonyl (C=O) groups is 2. The lowest BCUT2D eigenvalue weighted by molar-refractivity contribution is -0.271. The van der Waals surface area contributed by atoms with Crippen LogP contribution in [0, 0.1) is 0 Å². The molecule has 2 amide bonds. The smallest absolute Gasteiger partial charge is 0.417 e. The fourth-order valence-corrected chi connectivity index (χ4v) is 2.42. The Morgan fingerprint density at radius 1 is 1.17 bits per heavy atom. The van der Waals surface area contributed by atoms with Crippen molar-refractivity contribution < 1.29 is 33.0 Å². The largest absolute Gasteiger partial charge is 0.478 e. The van der Waals surface area contributed by atoms with Crippen LogP contribution in [0.4, 0.5) is 18.0 Å². The molecule has 1 aromatic rings. The number of carboxylic acid groups (broad SMARTS) is 1. The van der Waals surface area contributed by atoms with Gasteiger partial charge in [0.25, 0.3) is 0 Å². The summed E-state index contributed by atoms with van der Waals surface area (Å²) in [6.45, 7) is -0.266. The average Bonchev–Trinajstić information content (AvgIpc) is 2.52. The number of nitrogens with one attached hydrogen (secondary N) is 1. The number of halogens is 3. The number of carboxylic acids is 1. The van der Waals surface area contributed by atoms with E-state index in [1.54, 1.807) is 12.1 Å². The number of hydrogen-bond acceptors (Lipinski definition) is 3. The fraction of sp³-hybridized carbons (Fsp3) is 0.467. The van der Waals surface area contributed by atoms with E-state index >= 15 is 0 Å². The van der Waals surface area contributed by atoms with Crippen LogP contribution in [0.2, 0.25) is 0 Å². The number of amides is 2. The zero-order valence-corrected chi connectivity index (χ0v) is 12.6. The highest BCUT2D eigenvalue weighted by Gasteiger charge is 2.54. The number of nitrogens with zero attached hydrogens (tertiary/aromatic N) is 1. The molecule has 0 unspecified atom stereocenters. The molecule has 1 fully saturated rings. The van der Waals surface area contributed by atoms with Gasteiger partial charge in [0.2, 0.25) is 0 Å². The van der Waals surface area contributed by atoms with Crippen molar-refractivity contribution in [2.45, 2.75) is 31.2 Å². The van der Waals surface area contributed by atoms with Crippen molar-refractivity contribution in [1.82, 2.24) is 10.2 Å². The second kappa shape index (κ2) is 6.68. The van der Waals surface area contributed by atoms with Gasteiger partial charge in [-0.3, -0.25) is 0 Å². The summed E-state index contributed by atoms with van der Waals surface area (Å²) in [5.74, 6) is -1.06. The second-order valence-corrected chi connectivity index (χ2v) is 5.68. The van der Waals surface area contributed by atoms with Crippen molar-refractivity contribution in [3.05, 3.63) is 35.4 Å². The summed E-state index contributed by atoms with van der Waals surface area (Å²) >= 11 is 0. The number of urea groups is 1. The van der Waals surface area contributed by atoms with Crippen LogP contribution in [-0.4, -0.2) is 52.0 Å². The van der Waals surface area contributed by atoms with Gasteiger partial charge in [-0.25, -0.2) is 9.59 Å². The lowest BCUT2D eigenvalue weighted by atomic mass is 9.91. The van der Waals surface area contributed by atoms with E-state index in [0.717, 1.165) is 0 Å². The Bertz CT molecular complexity index is 608. The van der Waals surface area contributed by atoms with E-state index in [0.29, 0.717) is 5.56 Å². The SMILES string of the molecule is O=C(O)c1ccc(CNC(=O)N2CCC(O)(C(F)(F)F)CC2)cc1. The molecule has 0 bridgehead atoms. The van der Waals surface area contributed by atoms with E-state index in [1.807, 2.05) is 0 Å². The maximum atomic E-state index is 12.7. The summed E-state index contributed by atoms with van der Waals surface area (Å²) in [6, 6.07) is 5.36. The van der Waals surface area contributed by atoms with Gasteiger partial charge in [-0.1, -0.05) is 12.1 Å². The van der Waals surface area contributed by atoms with E-state index < -0.39 is 36.6 Å². The minimum Gasteiger partial charge on any atom is -0.478 e. The minimum absolute atomic E-state index is 0.118. The first kappa shape index (κ1) is 18.1. The van der Waals surface area contributed by atoms with Crippen molar-refractivity contribution in [2.75, 3.05) is 13.1 Å². The molecule has 0 aliphatic carbocycles. The third-order valence-corrected chi connectivity index (χ3v) is 4.05. The third-order valence-electron chi connectivity index (χ3n) is 4.05. The minimum atomic E-state index is -4.71. The van der Waals surface area contributed by atoms with Crippen LogP contribution in [0.5, 0.6) is 0 Å². The molecule has 0 aromatic heterocycles. The molecule has 1 heterocycles. The van der Waals surface area contributed by atoms with E-state index in [1.165, 1.54) is 17.0 Å². The maximum Gasteiger partial charge on any atom is 0.417 e. The van der Waals surface area contributed by atoms with Crippen LogP contribution < -0.4 is 5.32 Å². The molecule has 0 atom stereocenters. The lowest BCUT2D eigenvalue weighted by Gasteiger charge is -2.39. The fourth-order valence-electron chi connectivity index (χ4n) is 2.42. The quantitative estimate of drug-likeness (QED) is 0.781. The lowest BCUT2D eigenvalue weighted by Crippen LogP contribution is -2.55. The van der Waals surface area contributed by atoms with Gasteiger partial charge in [0.05, 0.1) is 5.56 Å². The van der Waals surface area contributed by atoms with Gasteiger partial charge in [-0.2, -0.15) is 13.2 Å². The summed E-state index contributed by atoms with van der Waals surface area (Å²) in [5, 5.41) is 20.9. The van der Waals surface area contributed by atoms with E-state index in [9.17, 15) is 27.9 Å². The van der Waals surface area contributed by atoms with Crippen molar-refractivity contribution in [3.63, 3.8) is 0 Å². The van der Waals surface area contributed by atoms with Crippen molar-refractivity contribution in [2.24, 2.45) is 0 Å². The van der Waals surface area contributed by atoms with Crippen LogP contribution in [-0.2, 0) is 6.54 Å². The monoisotopic (exact) mass is 346 g/mol. The Labute approximate surface area is 135 Å². The zero-order chi connectivity index (χ0) is 18.0. The topological polar surface area (TPSA) is 89.9 Å². The van der Waals surface area contributed by atoms with Crippen molar-refractivity contribution >= 4 is 12.0 Å². The van der Waals surface area contributed by atoms with Crippen molar-refractivity contribution in [3.8, 4) is 0 Å². The van der Waals surface area contributed by atoms with Crippen LogP contribution >= 0.6 is 0 Å². The molecule has 6 nitrogen and oxygen atoms in total. The first-order chi connectivity index (χ1) is 11.1. The molecule has 1 aliphatic heterocycles. The molecule has 1 saturated heterocycles. The number of rotatable bonds is 3. The number of carbonyl (C=O) groups excluding carboxylic acids is 1. The van der Waals surface area contributed by atoms with Crippen LogP contribution in [0.3, 0.4) is 0 Å². The normalized spacial score (nSPS) is 17.4. The van der Waals surface area contributed by atoms with Crippen LogP contribution in [0.15, 0.2) is 24.3 Å². The number of aromatic carboxylic acids is 1. The van der Waals surface area contributed by atoms with Gasteiger partial charge in [-0.15, -0.1) is 0 Å². The molecular weight excluding hydrogens is 329 g/mol. The number of likely N-dealkylation sites (tertiary alicyclic amines) is 1. The highest BCUT2D eigenvalue weighted by Crippen LogP contribution is 2.38. The molecule has 132 valence electrons. The molecular formula is C15H17F3N2O4. The number of hydrogen-bond donors (Lipinski definition) is 3. The first-order valence-electron chi connectivity index (χ1n) is 7.26. The predicted octanol–water partition coefficient (Wildman–Crippen LogP) is 1.98. The second-order valence-electron chi connectivity index (χ2n) is 5.68. The van der Waals surface area contributed by atoms with Crippen molar-refractivity contribution in [1.29, 1.82) is 0 Å². The Hall–Kier alpha value is -2.29. The molecule has 0 radical (unpaired) electrons. The van der Waals surface area contributed by atoms with E-state index in [4.69, 9.17) is 5.11 Å². The van der Waals surface area contributed by atoms with E-state index in [2.05, 4.69) is 5.32 Å². The Morgan fingerprint density at radius 2 is 1.71 bits per heavy atom. The molecule has 24 heavy (non-hydrogen) atoms. The molecule has 1 aromatic carbocycles.